The van der Waals surface area contributed by atoms with E-state index in [1.807, 2.05) is 30.3 Å². The molecule has 8 heteroatoms. The van der Waals surface area contributed by atoms with Crippen molar-refractivity contribution >= 4 is 12.2 Å². The fourth-order valence-electron chi connectivity index (χ4n) is 1.94. The van der Waals surface area contributed by atoms with Crippen molar-refractivity contribution in [1.82, 2.24) is 20.2 Å². The Balaban J connectivity index is 1.76. The number of para-hydroxylation sites is 1. The zero-order valence-corrected chi connectivity index (χ0v) is 12.3. The van der Waals surface area contributed by atoms with Crippen LogP contribution in [0.2, 0.25) is 0 Å². The number of benzene rings is 2. The summed E-state index contributed by atoms with van der Waals surface area (Å²) in [7, 11) is 1.49. The lowest BCUT2D eigenvalue weighted by atomic mass is 10.2. The summed E-state index contributed by atoms with van der Waals surface area (Å²) in [5.74, 6) is 0.840. The molecule has 8 nitrogen and oxygen atoms in total. The number of tetrazole rings is 1. The maximum atomic E-state index is 9.56. The van der Waals surface area contributed by atoms with Gasteiger partial charge in [-0.05, 0) is 46.3 Å². The maximum Gasteiger partial charge on any atom is 0.268 e. The molecule has 0 aliphatic heterocycles. The average Bonchev–Trinajstić information content (AvgIpc) is 3.05. The summed E-state index contributed by atoms with van der Waals surface area (Å²) >= 11 is 0. The number of nitrogens with zero attached hydrogens (tertiary/aromatic N) is 5. The molecule has 0 unspecified atom stereocenters. The van der Waals surface area contributed by atoms with Crippen LogP contribution in [-0.2, 0) is 0 Å². The van der Waals surface area contributed by atoms with Gasteiger partial charge in [0, 0.05) is 0 Å². The molecule has 0 radical (unpaired) electrons. The topological polar surface area (TPSA) is 97.5 Å². The highest BCUT2D eigenvalue weighted by Gasteiger charge is 2.06. The Hall–Kier alpha value is -3.42. The predicted molar refractivity (Wildman–Crippen MR) is 85.0 cm³/mol. The first-order valence-corrected chi connectivity index (χ1v) is 6.78. The van der Waals surface area contributed by atoms with E-state index in [9.17, 15) is 5.11 Å². The van der Waals surface area contributed by atoms with E-state index < -0.39 is 0 Å². The summed E-state index contributed by atoms with van der Waals surface area (Å²) in [6.07, 6.45) is 1.58. The molecule has 0 spiro atoms. The van der Waals surface area contributed by atoms with Crippen molar-refractivity contribution in [2.75, 3.05) is 12.5 Å². The van der Waals surface area contributed by atoms with Crippen molar-refractivity contribution < 1.29 is 9.84 Å². The largest absolute Gasteiger partial charge is 0.504 e. The number of phenols is 1. The zero-order chi connectivity index (χ0) is 16.1. The minimum absolute atomic E-state index is 0.0747. The van der Waals surface area contributed by atoms with Gasteiger partial charge in [0.1, 0.15) is 0 Å². The molecule has 2 aromatic carbocycles. The first-order valence-electron chi connectivity index (χ1n) is 6.78. The number of hydrogen-bond acceptors (Lipinski definition) is 7. The Morgan fingerprint density at radius 2 is 2.04 bits per heavy atom. The van der Waals surface area contributed by atoms with Crippen LogP contribution in [0.3, 0.4) is 0 Å². The molecular weight excluding hydrogens is 296 g/mol. The first-order chi connectivity index (χ1) is 11.3. The third-order valence-electron chi connectivity index (χ3n) is 3.05. The van der Waals surface area contributed by atoms with Crippen LogP contribution in [-0.4, -0.2) is 38.6 Å². The number of aromatic nitrogens is 4. The van der Waals surface area contributed by atoms with Gasteiger partial charge in [-0.2, -0.15) is 9.78 Å². The summed E-state index contributed by atoms with van der Waals surface area (Å²) in [4.78, 5) is 0. The van der Waals surface area contributed by atoms with E-state index in [4.69, 9.17) is 4.74 Å². The van der Waals surface area contributed by atoms with Crippen LogP contribution in [0.1, 0.15) is 5.56 Å². The second-order valence-corrected chi connectivity index (χ2v) is 4.55. The van der Waals surface area contributed by atoms with Gasteiger partial charge in [-0.1, -0.05) is 23.3 Å². The lowest BCUT2D eigenvalue weighted by Gasteiger charge is -2.04. The maximum absolute atomic E-state index is 9.56. The van der Waals surface area contributed by atoms with Gasteiger partial charge in [0.15, 0.2) is 11.5 Å². The molecule has 0 fully saturated rings. The highest BCUT2D eigenvalue weighted by Crippen LogP contribution is 2.25. The second kappa shape index (κ2) is 6.56. The third-order valence-corrected chi connectivity index (χ3v) is 3.05. The lowest BCUT2D eigenvalue weighted by Crippen LogP contribution is -2.03. The van der Waals surface area contributed by atoms with Crippen molar-refractivity contribution in [2.24, 2.45) is 5.10 Å². The van der Waals surface area contributed by atoms with E-state index in [2.05, 4.69) is 26.1 Å². The fourth-order valence-corrected chi connectivity index (χ4v) is 1.94. The molecule has 3 aromatic rings. The number of aromatic hydroxyl groups is 1. The standard InChI is InChI=1S/C15H14N6O2/c1-23-14-9-11(7-8-13(14)22)10-16-17-15-18-19-20-21(15)12-5-3-2-4-6-12/h2-10,22H,1H3,(H,17,18,20)/b16-10+. The Kier molecular flexibility index (Phi) is 4.14. The van der Waals surface area contributed by atoms with Crippen LogP contribution >= 0.6 is 0 Å². The Morgan fingerprint density at radius 3 is 2.83 bits per heavy atom. The summed E-state index contributed by atoms with van der Waals surface area (Å²) in [6, 6.07) is 14.4. The number of phenolic OH excluding ortho intramolecular Hbond substituents is 1. The molecule has 116 valence electrons. The normalized spacial score (nSPS) is 10.8. The number of hydrazone groups is 1. The van der Waals surface area contributed by atoms with Crippen molar-refractivity contribution in [1.29, 1.82) is 0 Å². The van der Waals surface area contributed by atoms with Crippen LogP contribution in [0.15, 0.2) is 53.6 Å². The van der Waals surface area contributed by atoms with Gasteiger partial charge in [-0.25, -0.2) is 5.43 Å². The summed E-state index contributed by atoms with van der Waals surface area (Å²) in [5.41, 5.74) is 4.36. The molecule has 0 aliphatic carbocycles. The van der Waals surface area contributed by atoms with Crippen LogP contribution in [0.5, 0.6) is 11.5 Å². The third kappa shape index (κ3) is 3.26. The predicted octanol–water partition coefficient (Wildman–Crippen LogP) is 1.82. The van der Waals surface area contributed by atoms with Crippen molar-refractivity contribution in [2.45, 2.75) is 0 Å². The van der Waals surface area contributed by atoms with E-state index in [1.165, 1.54) is 17.9 Å². The number of hydrogen-bond donors (Lipinski definition) is 2. The Labute approximate surface area is 132 Å². The Bertz CT molecular complexity index is 816. The van der Waals surface area contributed by atoms with E-state index in [1.54, 1.807) is 18.3 Å². The highest BCUT2D eigenvalue weighted by atomic mass is 16.5. The van der Waals surface area contributed by atoms with E-state index >= 15 is 0 Å². The van der Waals surface area contributed by atoms with Gasteiger partial charge >= 0.3 is 0 Å². The molecule has 23 heavy (non-hydrogen) atoms. The van der Waals surface area contributed by atoms with Crippen LogP contribution in [0.4, 0.5) is 5.95 Å². The van der Waals surface area contributed by atoms with Gasteiger partial charge in [0.25, 0.3) is 5.95 Å². The smallest absolute Gasteiger partial charge is 0.268 e. The lowest BCUT2D eigenvalue weighted by molar-refractivity contribution is 0.373. The van der Waals surface area contributed by atoms with Gasteiger partial charge in [-0.15, -0.1) is 0 Å². The van der Waals surface area contributed by atoms with Crippen LogP contribution < -0.4 is 10.2 Å². The molecule has 0 amide bonds. The number of anilines is 1. The van der Waals surface area contributed by atoms with Gasteiger partial charge in [0.05, 0.1) is 19.0 Å². The summed E-state index contributed by atoms with van der Waals surface area (Å²) < 4.78 is 6.58. The minimum atomic E-state index is 0.0747. The molecule has 0 bridgehead atoms. The molecular formula is C15H14N6O2. The average molecular weight is 310 g/mol. The molecule has 1 aromatic heterocycles. The molecule has 0 atom stereocenters. The molecule has 2 N–H and O–H groups in total. The zero-order valence-electron chi connectivity index (χ0n) is 12.3. The summed E-state index contributed by atoms with van der Waals surface area (Å²) in [5, 5.41) is 25.1. The number of ether oxygens (including phenoxy) is 1. The number of rotatable bonds is 5. The fraction of sp³-hybridized carbons (Fsp3) is 0.0667. The summed E-state index contributed by atoms with van der Waals surface area (Å²) in [6.45, 7) is 0. The molecule has 0 saturated heterocycles. The van der Waals surface area contributed by atoms with Crippen LogP contribution in [0, 0.1) is 0 Å². The second-order valence-electron chi connectivity index (χ2n) is 4.55. The minimum Gasteiger partial charge on any atom is -0.504 e. The van der Waals surface area contributed by atoms with Gasteiger partial charge in [0.2, 0.25) is 0 Å². The van der Waals surface area contributed by atoms with E-state index in [0.717, 1.165) is 11.3 Å². The Morgan fingerprint density at radius 1 is 1.22 bits per heavy atom. The molecule has 0 saturated carbocycles. The number of nitrogens with one attached hydrogen (secondary N) is 1. The van der Waals surface area contributed by atoms with Gasteiger partial charge in [-0.3, -0.25) is 0 Å². The molecule has 3 rings (SSSR count). The quantitative estimate of drug-likeness (QED) is 0.551. The van der Waals surface area contributed by atoms with Crippen molar-refractivity contribution in [3.05, 3.63) is 54.1 Å². The van der Waals surface area contributed by atoms with Crippen LogP contribution in [0.25, 0.3) is 5.69 Å². The van der Waals surface area contributed by atoms with E-state index in [-0.39, 0.29) is 5.75 Å². The monoisotopic (exact) mass is 310 g/mol. The SMILES string of the molecule is COc1cc(/C=N/Nc2nnnn2-c2ccccc2)ccc1O. The first kappa shape index (κ1) is 14.5. The van der Waals surface area contributed by atoms with Gasteiger partial charge < -0.3 is 9.84 Å². The molecule has 0 aliphatic rings. The molecule has 1 heterocycles. The highest BCUT2D eigenvalue weighted by molar-refractivity contribution is 5.81. The van der Waals surface area contributed by atoms with Crippen molar-refractivity contribution in [3.63, 3.8) is 0 Å². The van der Waals surface area contributed by atoms with Crippen molar-refractivity contribution in [3.8, 4) is 17.2 Å². The number of methoxy groups -OCH3 is 1. The van der Waals surface area contributed by atoms with E-state index in [0.29, 0.717) is 11.7 Å².